The molecule has 0 saturated heterocycles. The van der Waals surface area contributed by atoms with Gasteiger partial charge in [0.1, 0.15) is 18.0 Å². The molecule has 0 aromatic carbocycles. The van der Waals surface area contributed by atoms with Crippen LogP contribution in [0.4, 0.5) is 10.6 Å². The molecule has 2 rings (SSSR count). The fourth-order valence-corrected chi connectivity index (χ4v) is 2.00. The van der Waals surface area contributed by atoms with E-state index < -0.39 is 6.03 Å². The molecule has 0 bridgehead atoms. The lowest BCUT2D eigenvalue weighted by molar-refractivity contribution is 0.250. The van der Waals surface area contributed by atoms with Gasteiger partial charge in [-0.05, 0) is 20.8 Å². The van der Waals surface area contributed by atoms with Gasteiger partial charge in [-0.25, -0.2) is 19.4 Å². The second kappa shape index (κ2) is 6.50. The van der Waals surface area contributed by atoms with Crippen molar-refractivity contribution in [3.05, 3.63) is 34.5 Å². The van der Waals surface area contributed by atoms with E-state index in [-0.39, 0.29) is 12.1 Å². The van der Waals surface area contributed by atoms with Crippen molar-refractivity contribution in [2.24, 2.45) is 0 Å². The molecular formula is C13H16Cl2N6O. The fourth-order valence-electron chi connectivity index (χ4n) is 1.75. The van der Waals surface area contributed by atoms with Crippen molar-refractivity contribution in [3.63, 3.8) is 0 Å². The monoisotopic (exact) mass is 342 g/mol. The normalized spacial score (nSPS) is 11.3. The summed E-state index contributed by atoms with van der Waals surface area (Å²) in [6.45, 7) is 6.26. The Morgan fingerprint density at radius 3 is 2.64 bits per heavy atom. The van der Waals surface area contributed by atoms with Gasteiger partial charge in [0.2, 0.25) is 0 Å². The number of anilines is 1. The first-order valence-corrected chi connectivity index (χ1v) is 7.28. The SMILES string of the molecule is CC(C)(C)n1ncnc1CNC(=O)Nc1cc(Cl)c(Cl)cn1. The van der Waals surface area contributed by atoms with Crippen LogP contribution in [0.5, 0.6) is 0 Å². The van der Waals surface area contributed by atoms with Gasteiger partial charge in [-0.3, -0.25) is 5.32 Å². The van der Waals surface area contributed by atoms with Crippen molar-refractivity contribution in [2.75, 3.05) is 5.32 Å². The summed E-state index contributed by atoms with van der Waals surface area (Å²) in [4.78, 5) is 20.0. The second-order valence-corrected chi connectivity index (χ2v) is 6.36. The van der Waals surface area contributed by atoms with Crippen LogP contribution in [0.3, 0.4) is 0 Å². The van der Waals surface area contributed by atoms with Crippen molar-refractivity contribution in [3.8, 4) is 0 Å². The minimum atomic E-state index is -0.422. The van der Waals surface area contributed by atoms with Crippen molar-refractivity contribution in [2.45, 2.75) is 32.9 Å². The number of pyridine rings is 1. The van der Waals surface area contributed by atoms with E-state index in [2.05, 4.69) is 25.7 Å². The smallest absolute Gasteiger partial charge is 0.320 e. The van der Waals surface area contributed by atoms with E-state index >= 15 is 0 Å². The van der Waals surface area contributed by atoms with Gasteiger partial charge in [0.15, 0.2) is 0 Å². The third-order valence-corrected chi connectivity index (χ3v) is 3.42. The number of hydrogen-bond donors (Lipinski definition) is 2. The van der Waals surface area contributed by atoms with Crippen LogP contribution in [0.15, 0.2) is 18.6 Å². The van der Waals surface area contributed by atoms with Gasteiger partial charge >= 0.3 is 6.03 Å². The van der Waals surface area contributed by atoms with Gasteiger partial charge in [0.25, 0.3) is 0 Å². The highest BCUT2D eigenvalue weighted by Gasteiger charge is 2.18. The maximum Gasteiger partial charge on any atom is 0.320 e. The molecule has 2 amide bonds. The largest absolute Gasteiger partial charge is 0.331 e. The van der Waals surface area contributed by atoms with Crippen LogP contribution >= 0.6 is 23.2 Å². The Balaban J connectivity index is 1.96. The number of rotatable bonds is 3. The molecule has 2 heterocycles. The zero-order valence-electron chi connectivity index (χ0n) is 12.4. The van der Waals surface area contributed by atoms with Crippen molar-refractivity contribution < 1.29 is 4.79 Å². The summed E-state index contributed by atoms with van der Waals surface area (Å²) >= 11 is 11.6. The molecule has 0 unspecified atom stereocenters. The molecule has 118 valence electrons. The molecule has 0 atom stereocenters. The zero-order chi connectivity index (χ0) is 16.3. The molecule has 0 saturated carbocycles. The van der Waals surface area contributed by atoms with Crippen LogP contribution in [-0.2, 0) is 12.1 Å². The highest BCUT2D eigenvalue weighted by Crippen LogP contribution is 2.22. The average Bonchev–Trinajstić information content (AvgIpc) is 2.89. The average molecular weight is 343 g/mol. The van der Waals surface area contributed by atoms with Crippen molar-refractivity contribution in [1.82, 2.24) is 25.1 Å². The number of halogens is 2. The van der Waals surface area contributed by atoms with Gasteiger partial charge in [-0.2, -0.15) is 5.10 Å². The standard InChI is InChI=1S/C13H16Cl2N6O/c1-13(2,3)21-11(18-7-19-21)6-17-12(22)20-10-4-8(14)9(15)5-16-10/h4-5,7H,6H2,1-3H3,(H2,16,17,20,22). The summed E-state index contributed by atoms with van der Waals surface area (Å²) in [7, 11) is 0. The second-order valence-electron chi connectivity index (χ2n) is 5.55. The van der Waals surface area contributed by atoms with Crippen molar-refractivity contribution in [1.29, 1.82) is 0 Å². The van der Waals surface area contributed by atoms with Crippen LogP contribution in [0, 0.1) is 0 Å². The van der Waals surface area contributed by atoms with Crippen LogP contribution < -0.4 is 10.6 Å². The molecule has 0 aliphatic rings. The summed E-state index contributed by atoms with van der Waals surface area (Å²) in [5.74, 6) is 0.967. The number of urea groups is 1. The molecule has 2 aromatic heterocycles. The quantitative estimate of drug-likeness (QED) is 0.897. The lowest BCUT2D eigenvalue weighted by Crippen LogP contribution is -2.32. The number of aromatic nitrogens is 4. The summed E-state index contributed by atoms with van der Waals surface area (Å²) in [6, 6.07) is 1.05. The first-order valence-electron chi connectivity index (χ1n) is 6.52. The Bertz CT molecular complexity index is 679. The number of carbonyl (C=O) groups excluding carboxylic acids is 1. The topological polar surface area (TPSA) is 84.7 Å². The maximum absolute atomic E-state index is 11.9. The van der Waals surface area contributed by atoms with E-state index in [0.717, 1.165) is 0 Å². The Morgan fingerprint density at radius 2 is 2.00 bits per heavy atom. The third-order valence-electron chi connectivity index (χ3n) is 2.71. The molecule has 0 aliphatic carbocycles. The summed E-state index contributed by atoms with van der Waals surface area (Å²) < 4.78 is 1.75. The lowest BCUT2D eigenvalue weighted by Gasteiger charge is -2.21. The molecule has 0 spiro atoms. The van der Waals surface area contributed by atoms with Crippen LogP contribution in [0.1, 0.15) is 26.6 Å². The molecule has 2 aromatic rings. The minimum absolute atomic E-state index is 0.213. The Hall–Kier alpha value is -1.86. The molecule has 7 nitrogen and oxygen atoms in total. The van der Waals surface area contributed by atoms with Crippen LogP contribution in [0.2, 0.25) is 10.0 Å². The van der Waals surface area contributed by atoms with Crippen LogP contribution in [-0.4, -0.2) is 25.8 Å². The van der Waals surface area contributed by atoms with Gasteiger partial charge in [-0.15, -0.1) is 0 Å². The predicted octanol–water partition coefficient (Wildman–Crippen LogP) is 3.06. The molecule has 22 heavy (non-hydrogen) atoms. The molecular weight excluding hydrogens is 327 g/mol. The summed E-state index contributed by atoms with van der Waals surface area (Å²) in [6.07, 6.45) is 2.83. The van der Waals surface area contributed by atoms with Crippen LogP contribution in [0.25, 0.3) is 0 Å². The maximum atomic E-state index is 11.9. The Labute approximate surface area is 138 Å². The molecule has 9 heteroatoms. The van der Waals surface area contributed by atoms with Gasteiger partial charge in [0.05, 0.1) is 22.1 Å². The molecule has 2 N–H and O–H groups in total. The van der Waals surface area contributed by atoms with Gasteiger partial charge < -0.3 is 5.32 Å². The number of hydrogen-bond acceptors (Lipinski definition) is 4. The van der Waals surface area contributed by atoms with E-state index in [1.165, 1.54) is 18.6 Å². The Kier molecular flexibility index (Phi) is 4.87. The van der Waals surface area contributed by atoms with E-state index in [1.807, 2.05) is 20.8 Å². The van der Waals surface area contributed by atoms with E-state index in [9.17, 15) is 4.79 Å². The highest BCUT2D eigenvalue weighted by molar-refractivity contribution is 6.42. The number of nitrogens with zero attached hydrogens (tertiary/aromatic N) is 4. The van der Waals surface area contributed by atoms with E-state index in [0.29, 0.717) is 21.7 Å². The summed E-state index contributed by atoms with van der Waals surface area (Å²) in [5, 5.41) is 10.1. The summed E-state index contributed by atoms with van der Waals surface area (Å²) in [5.41, 5.74) is -0.213. The predicted molar refractivity (Wildman–Crippen MR) is 85.1 cm³/mol. The first kappa shape index (κ1) is 16.5. The fraction of sp³-hybridized carbons (Fsp3) is 0.385. The van der Waals surface area contributed by atoms with Crippen molar-refractivity contribution >= 4 is 35.1 Å². The Morgan fingerprint density at radius 1 is 1.27 bits per heavy atom. The van der Waals surface area contributed by atoms with E-state index in [4.69, 9.17) is 23.2 Å². The third kappa shape index (κ3) is 4.08. The molecule has 0 fully saturated rings. The van der Waals surface area contributed by atoms with E-state index in [1.54, 1.807) is 4.68 Å². The minimum Gasteiger partial charge on any atom is -0.331 e. The molecule has 0 aliphatic heterocycles. The number of nitrogens with one attached hydrogen (secondary N) is 2. The first-order chi connectivity index (χ1) is 10.3. The zero-order valence-corrected chi connectivity index (χ0v) is 13.9. The van der Waals surface area contributed by atoms with Gasteiger partial charge in [0, 0.05) is 12.3 Å². The number of amides is 2. The van der Waals surface area contributed by atoms with Gasteiger partial charge in [-0.1, -0.05) is 23.2 Å². The highest BCUT2D eigenvalue weighted by atomic mass is 35.5. The lowest BCUT2D eigenvalue weighted by atomic mass is 10.1. The number of carbonyl (C=O) groups is 1. The molecule has 0 radical (unpaired) electrons.